The lowest BCUT2D eigenvalue weighted by Crippen LogP contribution is -2.16. The van der Waals surface area contributed by atoms with E-state index in [0.717, 1.165) is 30.1 Å². The van der Waals surface area contributed by atoms with Gasteiger partial charge in [0.2, 0.25) is 0 Å². The fourth-order valence-corrected chi connectivity index (χ4v) is 2.98. The average Bonchev–Trinajstić information content (AvgIpc) is 2.96. The van der Waals surface area contributed by atoms with Crippen molar-refractivity contribution < 1.29 is 9.47 Å². The van der Waals surface area contributed by atoms with Crippen molar-refractivity contribution in [1.82, 2.24) is 10.3 Å². The summed E-state index contributed by atoms with van der Waals surface area (Å²) in [5, 5.41) is 6.74. The van der Waals surface area contributed by atoms with Gasteiger partial charge in [-0.25, -0.2) is 4.98 Å². The van der Waals surface area contributed by atoms with Crippen LogP contribution in [0.25, 0.3) is 0 Å². The number of nitrogens with zero attached hydrogens (tertiary/aromatic N) is 1. The molecule has 17 heavy (non-hydrogen) atoms. The molecule has 4 nitrogen and oxygen atoms in total. The third-order valence-corrected chi connectivity index (χ3v) is 4.10. The van der Waals surface area contributed by atoms with E-state index in [1.165, 1.54) is 0 Å². The van der Waals surface area contributed by atoms with Crippen LogP contribution in [0.15, 0.2) is 5.38 Å². The topological polar surface area (TPSA) is 43.4 Å². The minimum atomic E-state index is 0.234. The molecule has 0 bridgehead atoms. The van der Waals surface area contributed by atoms with Crippen molar-refractivity contribution in [3.8, 4) is 0 Å². The number of rotatable bonds is 5. The van der Waals surface area contributed by atoms with Gasteiger partial charge in [0.1, 0.15) is 0 Å². The summed E-state index contributed by atoms with van der Waals surface area (Å²) < 4.78 is 10.6. The van der Waals surface area contributed by atoms with E-state index >= 15 is 0 Å². The maximum absolute atomic E-state index is 5.34. The summed E-state index contributed by atoms with van der Waals surface area (Å²) in [4.78, 5) is 4.67. The summed E-state index contributed by atoms with van der Waals surface area (Å²) >= 11 is 1.72. The van der Waals surface area contributed by atoms with Crippen molar-refractivity contribution in [2.75, 3.05) is 20.8 Å². The lowest BCUT2D eigenvalue weighted by molar-refractivity contribution is 0.117. The second-order valence-corrected chi connectivity index (χ2v) is 5.41. The average molecular weight is 256 g/mol. The fraction of sp³-hybridized carbons (Fsp3) is 0.750. The molecule has 5 heteroatoms. The molecule has 0 amide bonds. The molecular weight excluding hydrogens is 236 g/mol. The van der Waals surface area contributed by atoms with Gasteiger partial charge in [-0.1, -0.05) is 0 Å². The molecule has 1 fully saturated rings. The van der Waals surface area contributed by atoms with Crippen LogP contribution >= 0.6 is 11.3 Å². The zero-order valence-corrected chi connectivity index (χ0v) is 11.4. The van der Waals surface area contributed by atoms with Crippen LogP contribution in [0.3, 0.4) is 0 Å². The quantitative estimate of drug-likeness (QED) is 0.872. The standard InChI is InChI=1S/C12H20N2O2S/c1-8(15-2)4-12-14-11(7-17-12)10-5-9(16-3)6-13-10/h7-10,13H,4-6H2,1-3H3. The van der Waals surface area contributed by atoms with Gasteiger partial charge in [0.15, 0.2) is 0 Å². The van der Waals surface area contributed by atoms with Crippen molar-refractivity contribution in [1.29, 1.82) is 0 Å². The van der Waals surface area contributed by atoms with Gasteiger partial charge in [0.25, 0.3) is 0 Å². The first-order chi connectivity index (χ1) is 8.22. The highest BCUT2D eigenvalue weighted by Crippen LogP contribution is 2.26. The van der Waals surface area contributed by atoms with Crippen molar-refractivity contribution in [2.45, 2.75) is 38.0 Å². The molecule has 1 aliphatic rings. The van der Waals surface area contributed by atoms with Gasteiger partial charge in [-0.05, 0) is 13.3 Å². The zero-order valence-electron chi connectivity index (χ0n) is 10.6. The highest BCUT2D eigenvalue weighted by atomic mass is 32.1. The maximum atomic E-state index is 5.34. The first kappa shape index (κ1) is 13.0. The molecule has 1 N–H and O–H groups in total. The van der Waals surface area contributed by atoms with E-state index in [-0.39, 0.29) is 6.10 Å². The summed E-state index contributed by atoms with van der Waals surface area (Å²) in [7, 11) is 3.50. The number of thiazole rings is 1. The molecule has 0 spiro atoms. The van der Waals surface area contributed by atoms with E-state index < -0.39 is 0 Å². The Morgan fingerprint density at radius 3 is 3.06 bits per heavy atom. The fourth-order valence-electron chi connectivity index (χ4n) is 2.02. The van der Waals surface area contributed by atoms with Gasteiger partial charge in [-0.3, -0.25) is 0 Å². The smallest absolute Gasteiger partial charge is 0.0954 e. The Bertz CT molecular complexity index is 356. The summed E-state index contributed by atoms with van der Waals surface area (Å²) in [6.07, 6.45) is 2.46. The lowest BCUT2D eigenvalue weighted by Gasteiger charge is -2.07. The van der Waals surface area contributed by atoms with E-state index in [2.05, 4.69) is 22.6 Å². The largest absolute Gasteiger partial charge is 0.381 e. The molecule has 96 valence electrons. The molecule has 1 aromatic rings. The summed E-state index contributed by atoms with van der Waals surface area (Å²) in [6, 6.07) is 0.350. The van der Waals surface area contributed by atoms with Crippen molar-refractivity contribution in [2.24, 2.45) is 0 Å². The van der Waals surface area contributed by atoms with Gasteiger partial charge in [-0.2, -0.15) is 0 Å². The molecule has 3 atom stereocenters. The first-order valence-electron chi connectivity index (χ1n) is 5.96. The SMILES string of the molecule is COC(C)Cc1nc(C2CC(OC)CN2)cs1. The van der Waals surface area contributed by atoms with Crippen LogP contribution in [0.5, 0.6) is 0 Å². The highest BCUT2D eigenvalue weighted by Gasteiger charge is 2.26. The second kappa shape index (κ2) is 5.91. The van der Waals surface area contributed by atoms with Crippen LogP contribution in [-0.4, -0.2) is 38.0 Å². The highest BCUT2D eigenvalue weighted by molar-refractivity contribution is 7.09. The Kier molecular flexibility index (Phi) is 4.50. The number of hydrogen-bond acceptors (Lipinski definition) is 5. The van der Waals surface area contributed by atoms with Crippen molar-refractivity contribution in [3.05, 3.63) is 16.1 Å². The lowest BCUT2D eigenvalue weighted by atomic mass is 10.1. The Morgan fingerprint density at radius 1 is 1.59 bits per heavy atom. The predicted octanol–water partition coefficient (Wildman–Crippen LogP) is 1.77. The van der Waals surface area contributed by atoms with Crippen LogP contribution in [0, 0.1) is 0 Å². The van der Waals surface area contributed by atoms with Gasteiger partial charge in [-0.15, -0.1) is 11.3 Å². The zero-order chi connectivity index (χ0) is 12.3. The van der Waals surface area contributed by atoms with Crippen LogP contribution in [-0.2, 0) is 15.9 Å². The van der Waals surface area contributed by atoms with Gasteiger partial charge < -0.3 is 14.8 Å². The number of aromatic nitrogens is 1. The van der Waals surface area contributed by atoms with Crippen molar-refractivity contribution in [3.63, 3.8) is 0 Å². The summed E-state index contributed by atoms with van der Waals surface area (Å²) in [5.74, 6) is 0. The van der Waals surface area contributed by atoms with Crippen LogP contribution in [0.2, 0.25) is 0 Å². The minimum absolute atomic E-state index is 0.234. The number of methoxy groups -OCH3 is 2. The molecule has 0 radical (unpaired) electrons. The maximum Gasteiger partial charge on any atom is 0.0954 e. The molecule has 1 aromatic heterocycles. The second-order valence-electron chi connectivity index (χ2n) is 4.47. The predicted molar refractivity (Wildman–Crippen MR) is 68.4 cm³/mol. The van der Waals surface area contributed by atoms with E-state index in [0.29, 0.717) is 12.1 Å². The minimum Gasteiger partial charge on any atom is -0.381 e. The third kappa shape index (κ3) is 3.25. The van der Waals surface area contributed by atoms with Gasteiger partial charge in [0.05, 0.1) is 29.0 Å². The van der Waals surface area contributed by atoms with E-state index in [4.69, 9.17) is 9.47 Å². The van der Waals surface area contributed by atoms with Crippen LogP contribution in [0.4, 0.5) is 0 Å². The molecule has 2 rings (SSSR count). The Labute approximate surface area is 106 Å². The number of hydrogen-bond donors (Lipinski definition) is 1. The summed E-state index contributed by atoms with van der Waals surface area (Å²) in [6.45, 7) is 2.98. The summed E-state index contributed by atoms with van der Waals surface area (Å²) in [5.41, 5.74) is 1.15. The molecule has 0 aliphatic carbocycles. The molecule has 1 aliphatic heterocycles. The van der Waals surface area contributed by atoms with E-state index in [9.17, 15) is 0 Å². The van der Waals surface area contributed by atoms with Crippen LogP contribution < -0.4 is 5.32 Å². The molecule has 0 aromatic carbocycles. The Hall–Kier alpha value is -0.490. The molecular formula is C12H20N2O2S. The normalized spacial score (nSPS) is 26.3. The first-order valence-corrected chi connectivity index (χ1v) is 6.84. The molecule has 3 unspecified atom stereocenters. The number of nitrogens with one attached hydrogen (secondary N) is 1. The Balaban J connectivity index is 1.94. The van der Waals surface area contributed by atoms with Crippen LogP contribution in [0.1, 0.15) is 30.1 Å². The van der Waals surface area contributed by atoms with Gasteiger partial charge >= 0.3 is 0 Å². The van der Waals surface area contributed by atoms with Crippen molar-refractivity contribution >= 4 is 11.3 Å². The molecule has 1 saturated heterocycles. The Morgan fingerprint density at radius 2 is 2.41 bits per heavy atom. The van der Waals surface area contributed by atoms with E-state index in [1.54, 1.807) is 25.6 Å². The monoisotopic (exact) mass is 256 g/mol. The molecule has 0 saturated carbocycles. The molecule has 2 heterocycles. The van der Waals surface area contributed by atoms with E-state index in [1.807, 2.05) is 0 Å². The third-order valence-electron chi connectivity index (χ3n) is 3.21. The number of ether oxygens (including phenoxy) is 2. The van der Waals surface area contributed by atoms with Gasteiger partial charge in [0, 0.05) is 32.6 Å².